The lowest BCUT2D eigenvalue weighted by Gasteiger charge is -2.12. The summed E-state index contributed by atoms with van der Waals surface area (Å²) in [7, 11) is 0. The number of β-amino-alcohol motifs (C(OH)–C–C–N with tert-alkyl or cyclic N) is 1. The van der Waals surface area contributed by atoms with Crippen LogP contribution in [0.4, 0.5) is 0 Å². The van der Waals surface area contributed by atoms with Gasteiger partial charge in [-0.25, -0.2) is 4.98 Å². The molecule has 1 fully saturated rings. The predicted octanol–water partition coefficient (Wildman–Crippen LogP) is 1.58. The second kappa shape index (κ2) is 7.94. The number of aliphatic hydroxyl groups is 1. The highest BCUT2D eigenvalue weighted by molar-refractivity contribution is 7.13. The molecule has 0 saturated carbocycles. The van der Waals surface area contributed by atoms with Gasteiger partial charge in [0.1, 0.15) is 5.75 Å². The number of aromatic nitrogens is 1. The molecule has 1 saturated heterocycles. The van der Waals surface area contributed by atoms with Crippen LogP contribution >= 0.6 is 23.7 Å². The van der Waals surface area contributed by atoms with Crippen LogP contribution in [0.3, 0.4) is 0 Å². The Kier molecular flexibility index (Phi) is 6.17. The molecule has 3 rings (SSSR count). The molecule has 0 bridgehead atoms. The molecule has 4 N–H and O–H groups in total. The number of aliphatic hydroxyl groups excluding tert-OH is 1. The summed E-state index contributed by atoms with van der Waals surface area (Å²) in [5.41, 5.74) is 4.28. The SMILES string of the molecule is Cc1ncsc1-c1ccc(CNC(=O)[C@@H]2C[C@@H](O)CN2)c(O)c1.Cl. The van der Waals surface area contributed by atoms with Gasteiger partial charge in [0.05, 0.1) is 28.2 Å². The maximum Gasteiger partial charge on any atom is 0.237 e. The van der Waals surface area contributed by atoms with Crippen molar-refractivity contribution in [3.05, 3.63) is 35.0 Å². The fraction of sp³-hybridized carbons (Fsp3) is 0.375. The van der Waals surface area contributed by atoms with Crippen molar-refractivity contribution in [2.75, 3.05) is 6.54 Å². The second-order valence-corrected chi connectivity index (χ2v) is 6.53. The first-order valence-corrected chi connectivity index (χ1v) is 8.34. The Bertz CT molecular complexity index is 722. The number of hydrogen-bond donors (Lipinski definition) is 4. The summed E-state index contributed by atoms with van der Waals surface area (Å²) < 4.78 is 0. The summed E-state index contributed by atoms with van der Waals surface area (Å²) in [6.07, 6.45) is -0.0532. The van der Waals surface area contributed by atoms with Crippen LogP contribution in [0.1, 0.15) is 17.7 Å². The van der Waals surface area contributed by atoms with Gasteiger partial charge < -0.3 is 20.8 Å². The highest BCUT2D eigenvalue weighted by Gasteiger charge is 2.27. The van der Waals surface area contributed by atoms with Gasteiger partial charge in [0.15, 0.2) is 0 Å². The number of carbonyl (C=O) groups excluding carboxylic acids is 1. The van der Waals surface area contributed by atoms with Gasteiger partial charge >= 0.3 is 0 Å². The average Bonchev–Trinajstić information content (AvgIpc) is 3.14. The van der Waals surface area contributed by atoms with Gasteiger partial charge in [-0.1, -0.05) is 12.1 Å². The third-order valence-corrected chi connectivity index (χ3v) is 4.95. The maximum atomic E-state index is 12.0. The van der Waals surface area contributed by atoms with Crippen molar-refractivity contribution in [3.8, 4) is 16.2 Å². The van der Waals surface area contributed by atoms with Gasteiger partial charge in [0.25, 0.3) is 0 Å². The molecule has 2 heterocycles. The Morgan fingerprint density at radius 1 is 1.50 bits per heavy atom. The highest BCUT2D eigenvalue weighted by Crippen LogP contribution is 2.31. The minimum absolute atomic E-state index is 0. The van der Waals surface area contributed by atoms with Crippen LogP contribution in [-0.4, -0.2) is 39.8 Å². The van der Waals surface area contributed by atoms with Crippen molar-refractivity contribution < 1.29 is 15.0 Å². The first-order chi connectivity index (χ1) is 11.0. The molecule has 0 aliphatic carbocycles. The number of thiazole rings is 1. The smallest absolute Gasteiger partial charge is 0.237 e. The van der Waals surface area contributed by atoms with Gasteiger partial charge in [0, 0.05) is 18.7 Å². The molecule has 1 aliphatic heterocycles. The number of nitrogens with one attached hydrogen (secondary N) is 2. The Balaban J connectivity index is 0.00000208. The summed E-state index contributed by atoms with van der Waals surface area (Å²) in [6.45, 7) is 2.62. The first-order valence-electron chi connectivity index (χ1n) is 7.46. The summed E-state index contributed by atoms with van der Waals surface area (Å²) in [6, 6.07) is 5.05. The number of benzene rings is 1. The maximum absolute atomic E-state index is 12.0. The van der Waals surface area contributed by atoms with E-state index in [1.165, 1.54) is 11.3 Å². The topological polar surface area (TPSA) is 94.5 Å². The van der Waals surface area contributed by atoms with Crippen molar-refractivity contribution >= 4 is 29.7 Å². The lowest BCUT2D eigenvalue weighted by molar-refractivity contribution is -0.123. The molecular formula is C16H20ClN3O3S. The Hall–Kier alpha value is -1.67. The summed E-state index contributed by atoms with van der Waals surface area (Å²) in [5.74, 6) is -0.0154. The molecule has 0 unspecified atom stereocenters. The van der Waals surface area contributed by atoms with E-state index in [-0.39, 0.29) is 36.7 Å². The van der Waals surface area contributed by atoms with E-state index >= 15 is 0 Å². The predicted molar refractivity (Wildman–Crippen MR) is 95.5 cm³/mol. The molecule has 8 heteroatoms. The van der Waals surface area contributed by atoms with Crippen LogP contribution in [0, 0.1) is 6.92 Å². The number of carbonyl (C=O) groups is 1. The van der Waals surface area contributed by atoms with Gasteiger partial charge in [-0.15, -0.1) is 23.7 Å². The van der Waals surface area contributed by atoms with Crippen LogP contribution in [0.2, 0.25) is 0 Å². The van der Waals surface area contributed by atoms with Crippen molar-refractivity contribution in [3.63, 3.8) is 0 Å². The zero-order valence-electron chi connectivity index (χ0n) is 13.2. The molecule has 2 atom stereocenters. The third kappa shape index (κ3) is 4.05. The zero-order chi connectivity index (χ0) is 16.4. The largest absolute Gasteiger partial charge is 0.508 e. The molecule has 2 aromatic rings. The molecule has 1 amide bonds. The standard InChI is InChI=1S/C16H19N3O3S.ClH/c1-9-15(23-8-19-9)10-2-3-11(14(21)4-10)6-18-16(22)13-5-12(20)7-17-13;/h2-4,8,12-13,17,20-21H,5-7H2,1H3,(H,18,22);1H/t12-,13+;/m1./s1. The molecule has 24 heavy (non-hydrogen) atoms. The monoisotopic (exact) mass is 369 g/mol. The van der Waals surface area contributed by atoms with Crippen LogP contribution < -0.4 is 10.6 Å². The van der Waals surface area contributed by atoms with Gasteiger partial charge in [0.2, 0.25) is 5.91 Å². The van der Waals surface area contributed by atoms with Crippen molar-refractivity contribution in [1.82, 2.24) is 15.6 Å². The van der Waals surface area contributed by atoms with E-state index in [4.69, 9.17) is 0 Å². The molecular weight excluding hydrogens is 350 g/mol. The molecule has 130 valence electrons. The van der Waals surface area contributed by atoms with E-state index in [0.717, 1.165) is 16.1 Å². The number of halogens is 1. The average molecular weight is 370 g/mol. The lowest BCUT2D eigenvalue weighted by atomic mass is 10.1. The fourth-order valence-electron chi connectivity index (χ4n) is 2.66. The van der Waals surface area contributed by atoms with Gasteiger partial charge in [-0.05, 0) is 25.0 Å². The Morgan fingerprint density at radius 3 is 2.88 bits per heavy atom. The minimum Gasteiger partial charge on any atom is -0.508 e. The summed E-state index contributed by atoms with van der Waals surface area (Å²) in [5, 5.41) is 25.4. The number of rotatable bonds is 4. The number of amides is 1. The van der Waals surface area contributed by atoms with Crippen LogP contribution in [-0.2, 0) is 11.3 Å². The molecule has 0 spiro atoms. The molecule has 1 aromatic carbocycles. The van der Waals surface area contributed by atoms with Crippen LogP contribution in [0.15, 0.2) is 23.7 Å². The number of aromatic hydroxyl groups is 1. The zero-order valence-corrected chi connectivity index (χ0v) is 14.8. The van der Waals surface area contributed by atoms with E-state index in [1.807, 2.05) is 13.0 Å². The van der Waals surface area contributed by atoms with E-state index in [1.54, 1.807) is 17.6 Å². The third-order valence-electron chi connectivity index (χ3n) is 3.97. The molecule has 1 aromatic heterocycles. The van der Waals surface area contributed by atoms with Crippen LogP contribution in [0.5, 0.6) is 5.75 Å². The summed E-state index contributed by atoms with van der Waals surface area (Å²) in [4.78, 5) is 17.2. The molecule has 1 aliphatic rings. The quantitative estimate of drug-likeness (QED) is 0.656. The van der Waals surface area contributed by atoms with Crippen molar-refractivity contribution in [2.45, 2.75) is 32.0 Å². The first kappa shape index (κ1) is 18.7. The Labute approximate surface area is 150 Å². The Morgan fingerprint density at radius 2 is 2.29 bits per heavy atom. The molecule has 0 radical (unpaired) electrons. The van der Waals surface area contributed by atoms with E-state index in [0.29, 0.717) is 18.5 Å². The lowest BCUT2D eigenvalue weighted by Crippen LogP contribution is -2.40. The highest BCUT2D eigenvalue weighted by atomic mass is 35.5. The van der Waals surface area contributed by atoms with E-state index in [2.05, 4.69) is 15.6 Å². The number of phenolic OH excluding ortho intramolecular Hbond substituents is 1. The number of hydrogen-bond acceptors (Lipinski definition) is 6. The van der Waals surface area contributed by atoms with E-state index in [9.17, 15) is 15.0 Å². The minimum atomic E-state index is -0.471. The van der Waals surface area contributed by atoms with E-state index < -0.39 is 6.10 Å². The normalized spacial score (nSPS) is 19.8. The summed E-state index contributed by atoms with van der Waals surface area (Å²) >= 11 is 1.53. The van der Waals surface area contributed by atoms with Crippen LogP contribution in [0.25, 0.3) is 10.4 Å². The van der Waals surface area contributed by atoms with Gasteiger partial charge in [-0.2, -0.15) is 0 Å². The number of nitrogens with zero attached hydrogens (tertiary/aromatic N) is 1. The molecule has 6 nitrogen and oxygen atoms in total. The fourth-order valence-corrected chi connectivity index (χ4v) is 3.46. The van der Waals surface area contributed by atoms with Crippen molar-refractivity contribution in [1.29, 1.82) is 0 Å². The second-order valence-electron chi connectivity index (χ2n) is 5.68. The number of aryl methyl sites for hydroxylation is 1. The van der Waals surface area contributed by atoms with Gasteiger partial charge in [-0.3, -0.25) is 4.79 Å². The number of phenols is 1. The van der Waals surface area contributed by atoms with Crippen molar-refractivity contribution in [2.24, 2.45) is 0 Å².